The average Bonchev–Trinajstić information content (AvgIpc) is 3.12. The third-order valence-electron chi connectivity index (χ3n) is 8.51. The lowest BCUT2D eigenvalue weighted by Gasteiger charge is -2.18. The summed E-state index contributed by atoms with van der Waals surface area (Å²) in [7, 11) is 0. The molecule has 0 aliphatic heterocycles. The highest BCUT2D eigenvalue weighted by Gasteiger charge is 2.19. The molecule has 6 nitrogen and oxygen atoms in total. The molecule has 0 aromatic carbocycles. The van der Waals surface area contributed by atoms with Crippen LogP contribution in [0.2, 0.25) is 0 Å². The highest BCUT2D eigenvalue weighted by Crippen LogP contribution is 2.12. The van der Waals surface area contributed by atoms with Crippen molar-refractivity contribution in [2.45, 2.75) is 194 Å². The third-order valence-corrected chi connectivity index (χ3v) is 8.51. The van der Waals surface area contributed by atoms with E-state index >= 15 is 0 Å². The molecule has 0 saturated heterocycles. The van der Waals surface area contributed by atoms with Gasteiger partial charge in [-0.15, -0.1) is 0 Å². The van der Waals surface area contributed by atoms with Crippen molar-refractivity contribution in [3.63, 3.8) is 0 Å². The molecule has 0 radical (unpaired) electrons. The molecule has 0 heterocycles. The van der Waals surface area contributed by atoms with E-state index in [1.807, 2.05) is 6.08 Å². The zero-order valence-electron chi connectivity index (χ0n) is 33.1. The topological polar surface area (TPSA) is 78.9 Å². The van der Waals surface area contributed by atoms with Crippen molar-refractivity contribution in [3.05, 3.63) is 60.8 Å². The van der Waals surface area contributed by atoms with E-state index in [2.05, 4.69) is 69.4 Å². The fourth-order valence-corrected chi connectivity index (χ4v) is 5.36. The van der Waals surface area contributed by atoms with E-state index in [1.165, 1.54) is 57.8 Å². The van der Waals surface area contributed by atoms with Gasteiger partial charge in [-0.05, 0) is 77.0 Å². The Hall–Kier alpha value is -2.89. The van der Waals surface area contributed by atoms with E-state index in [0.29, 0.717) is 12.8 Å². The second-order valence-corrected chi connectivity index (χ2v) is 13.5. The molecule has 0 bridgehead atoms. The monoisotopic (exact) mass is 713 g/mol. The molecule has 0 spiro atoms. The summed E-state index contributed by atoms with van der Waals surface area (Å²) in [6, 6.07) is 0. The molecule has 0 amide bonds. The van der Waals surface area contributed by atoms with E-state index in [1.54, 1.807) is 6.08 Å². The summed E-state index contributed by atoms with van der Waals surface area (Å²) in [4.78, 5) is 37.4. The van der Waals surface area contributed by atoms with Crippen molar-refractivity contribution < 1.29 is 28.6 Å². The fourth-order valence-electron chi connectivity index (χ4n) is 5.36. The number of esters is 3. The van der Waals surface area contributed by atoms with E-state index in [0.717, 1.165) is 89.9 Å². The minimum absolute atomic E-state index is 0.114. The number of ether oxygens (including phenoxy) is 3. The molecule has 1 atom stereocenters. The summed E-state index contributed by atoms with van der Waals surface area (Å²) < 4.78 is 16.5. The van der Waals surface area contributed by atoms with E-state index in [-0.39, 0.29) is 31.6 Å². The molecule has 0 aliphatic rings. The van der Waals surface area contributed by atoms with Gasteiger partial charge in [-0.25, -0.2) is 0 Å². The number of hydrogen-bond acceptors (Lipinski definition) is 6. The number of carbonyl (C=O) groups is 3. The molecular weight excluding hydrogens is 636 g/mol. The first-order valence-corrected chi connectivity index (χ1v) is 20.8. The van der Waals surface area contributed by atoms with Gasteiger partial charge in [0.25, 0.3) is 0 Å². The summed E-state index contributed by atoms with van der Waals surface area (Å²) in [5, 5.41) is 0. The van der Waals surface area contributed by atoms with Crippen molar-refractivity contribution in [1.82, 2.24) is 0 Å². The standard InChI is InChI=1S/C45H76O6/c1-4-7-10-13-16-19-21-22-23-24-27-29-32-35-38-44(47)50-41-42(40-49-43(46)37-34-31-28-25-18-15-12-9-6-3)51-45(48)39-36-33-30-26-20-17-14-11-8-5-2/h9,12,14,17-18,23-25,31,34,42H,4-8,10-11,13,15-16,19-22,26-30,32-33,35-41H2,1-3H3/b12-9-,17-14-,24-23-,25-18-,34-31-. The predicted octanol–water partition coefficient (Wildman–Crippen LogP) is 13.0. The third kappa shape index (κ3) is 38.2. The van der Waals surface area contributed by atoms with Crippen LogP contribution in [-0.2, 0) is 28.6 Å². The minimum Gasteiger partial charge on any atom is -0.462 e. The SMILES string of the molecule is CC/C=C\C/C=C\C/C=C\CC(=O)OCC(COC(=O)CCCCC/C=C\CCCCCCCCC)OC(=O)CCCCCC/C=C\CCCC. The number of rotatable bonds is 36. The highest BCUT2D eigenvalue weighted by molar-refractivity contribution is 5.72. The lowest BCUT2D eigenvalue weighted by Crippen LogP contribution is -2.30. The molecule has 0 aromatic heterocycles. The highest BCUT2D eigenvalue weighted by atomic mass is 16.6. The second kappa shape index (κ2) is 39.9. The van der Waals surface area contributed by atoms with Gasteiger partial charge >= 0.3 is 17.9 Å². The molecule has 51 heavy (non-hydrogen) atoms. The Labute approximate surface area is 313 Å². The first-order chi connectivity index (χ1) is 25.0. The van der Waals surface area contributed by atoms with Crippen LogP contribution in [0.1, 0.15) is 188 Å². The molecule has 1 unspecified atom stereocenters. The number of allylic oxidation sites excluding steroid dienone is 9. The van der Waals surface area contributed by atoms with Crippen LogP contribution < -0.4 is 0 Å². The first-order valence-electron chi connectivity index (χ1n) is 20.8. The average molecular weight is 713 g/mol. The largest absolute Gasteiger partial charge is 0.462 e. The smallest absolute Gasteiger partial charge is 0.309 e. The molecule has 0 saturated carbocycles. The second-order valence-electron chi connectivity index (χ2n) is 13.5. The quantitative estimate of drug-likeness (QED) is 0.0278. The van der Waals surface area contributed by atoms with Gasteiger partial charge in [0, 0.05) is 12.8 Å². The van der Waals surface area contributed by atoms with E-state index in [9.17, 15) is 14.4 Å². The molecule has 0 rings (SSSR count). The van der Waals surface area contributed by atoms with Crippen LogP contribution in [0.3, 0.4) is 0 Å². The van der Waals surface area contributed by atoms with Gasteiger partial charge < -0.3 is 14.2 Å². The number of hydrogen-bond donors (Lipinski definition) is 0. The van der Waals surface area contributed by atoms with Crippen LogP contribution in [0.4, 0.5) is 0 Å². The zero-order chi connectivity index (χ0) is 37.3. The fraction of sp³-hybridized carbons (Fsp3) is 0.711. The van der Waals surface area contributed by atoms with Crippen molar-refractivity contribution in [2.75, 3.05) is 13.2 Å². The Kier molecular flexibility index (Phi) is 37.6. The van der Waals surface area contributed by atoms with Crippen LogP contribution in [-0.4, -0.2) is 37.2 Å². The Morgan fingerprint density at radius 3 is 1.43 bits per heavy atom. The van der Waals surface area contributed by atoms with Gasteiger partial charge in [0.05, 0.1) is 6.42 Å². The van der Waals surface area contributed by atoms with Crippen LogP contribution in [0, 0.1) is 0 Å². The lowest BCUT2D eigenvalue weighted by atomic mass is 10.1. The predicted molar refractivity (Wildman–Crippen MR) is 215 cm³/mol. The Balaban J connectivity index is 4.47. The van der Waals surface area contributed by atoms with Crippen molar-refractivity contribution in [3.8, 4) is 0 Å². The van der Waals surface area contributed by atoms with Gasteiger partial charge in [0.15, 0.2) is 6.10 Å². The maximum atomic E-state index is 12.6. The number of unbranched alkanes of at least 4 members (excludes halogenated alkanes) is 16. The summed E-state index contributed by atoms with van der Waals surface area (Å²) in [6.07, 6.45) is 46.7. The summed E-state index contributed by atoms with van der Waals surface area (Å²) in [5.41, 5.74) is 0. The van der Waals surface area contributed by atoms with Crippen molar-refractivity contribution >= 4 is 17.9 Å². The van der Waals surface area contributed by atoms with Crippen molar-refractivity contribution in [1.29, 1.82) is 0 Å². The molecule has 0 aliphatic carbocycles. The van der Waals surface area contributed by atoms with E-state index in [4.69, 9.17) is 14.2 Å². The van der Waals surface area contributed by atoms with Gasteiger partial charge in [-0.2, -0.15) is 0 Å². The van der Waals surface area contributed by atoms with Gasteiger partial charge in [-0.1, -0.05) is 152 Å². The Morgan fingerprint density at radius 1 is 0.431 bits per heavy atom. The van der Waals surface area contributed by atoms with Crippen LogP contribution in [0.5, 0.6) is 0 Å². The first kappa shape index (κ1) is 48.1. The number of carbonyl (C=O) groups excluding carboxylic acids is 3. The molecule has 292 valence electrons. The van der Waals surface area contributed by atoms with Crippen molar-refractivity contribution in [2.24, 2.45) is 0 Å². The normalized spacial score (nSPS) is 12.6. The van der Waals surface area contributed by atoms with Crippen LogP contribution in [0.15, 0.2) is 60.8 Å². The summed E-state index contributed by atoms with van der Waals surface area (Å²) in [6.45, 7) is 6.32. The molecule has 0 fully saturated rings. The lowest BCUT2D eigenvalue weighted by molar-refractivity contribution is -0.166. The maximum Gasteiger partial charge on any atom is 0.309 e. The van der Waals surface area contributed by atoms with Crippen LogP contribution in [0.25, 0.3) is 0 Å². The molecule has 0 aromatic rings. The summed E-state index contributed by atoms with van der Waals surface area (Å²) in [5.74, 6) is -1.08. The molecule has 6 heteroatoms. The van der Waals surface area contributed by atoms with E-state index < -0.39 is 12.1 Å². The maximum absolute atomic E-state index is 12.6. The van der Waals surface area contributed by atoms with Gasteiger partial charge in [0.2, 0.25) is 0 Å². The van der Waals surface area contributed by atoms with Crippen LogP contribution >= 0.6 is 0 Å². The molecule has 0 N–H and O–H groups in total. The Bertz CT molecular complexity index is 960. The zero-order valence-corrected chi connectivity index (χ0v) is 33.1. The summed E-state index contributed by atoms with van der Waals surface area (Å²) >= 11 is 0. The van der Waals surface area contributed by atoms with Gasteiger partial charge in [0.1, 0.15) is 13.2 Å². The van der Waals surface area contributed by atoms with Gasteiger partial charge in [-0.3, -0.25) is 14.4 Å². The Morgan fingerprint density at radius 2 is 0.863 bits per heavy atom. The minimum atomic E-state index is -0.816. The molecular formula is C45H76O6.